The van der Waals surface area contributed by atoms with Crippen LogP contribution in [0.1, 0.15) is 6.92 Å². The van der Waals surface area contributed by atoms with Crippen molar-refractivity contribution in [1.82, 2.24) is 14.8 Å². The molecule has 0 radical (unpaired) electrons. The quantitative estimate of drug-likeness (QED) is 0.634. The zero-order valence-electron chi connectivity index (χ0n) is 15.5. The van der Waals surface area contributed by atoms with Crippen molar-refractivity contribution >= 4 is 22.5 Å². The molecular formula is C20H25N4O2S+. The number of quaternary nitrogens is 1. The highest BCUT2D eigenvalue weighted by molar-refractivity contribution is 7.99. The van der Waals surface area contributed by atoms with Crippen molar-refractivity contribution in [2.75, 3.05) is 38.6 Å². The van der Waals surface area contributed by atoms with Gasteiger partial charge in [-0.15, -0.1) is 10.2 Å². The SMILES string of the molecule is CCn1c(SCC[NH+]2CCOCC2)nnc1-c1cc2ccccc2cc1O. The van der Waals surface area contributed by atoms with Gasteiger partial charge in [0, 0.05) is 6.54 Å². The van der Waals surface area contributed by atoms with E-state index in [-0.39, 0.29) is 5.75 Å². The summed E-state index contributed by atoms with van der Waals surface area (Å²) in [6.45, 7) is 7.83. The highest BCUT2D eigenvalue weighted by atomic mass is 32.2. The maximum Gasteiger partial charge on any atom is 0.191 e. The number of aromatic nitrogens is 3. The lowest BCUT2D eigenvalue weighted by atomic mass is 10.1. The van der Waals surface area contributed by atoms with Crippen LogP contribution in [0.3, 0.4) is 0 Å². The maximum atomic E-state index is 10.5. The van der Waals surface area contributed by atoms with Gasteiger partial charge >= 0.3 is 0 Å². The summed E-state index contributed by atoms with van der Waals surface area (Å²) in [6, 6.07) is 11.8. The van der Waals surface area contributed by atoms with Gasteiger partial charge in [0.1, 0.15) is 18.8 Å². The Morgan fingerprint density at radius 1 is 1.15 bits per heavy atom. The first-order chi connectivity index (χ1) is 13.3. The molecule has 2 heterocycles. The molecule has 142 valence electrons. The van der Waals surface area contributed by atoms with Crippen LogP contribution in [0.25, 0.3) is 22.2 Å². The van der Waals surface area contributed by atoms with E-state index in [0.29, 0.717) is 0 Å². The highest BCUT2D eigenvalue weighted by Crippen LogP contribution is 2.33. The standard InChI is InChI=1S/C20H24N4O2S/c1-2-24-19(17-13-15-5-3-4-6-16(15)14-18(17)25)21-22-20(24)27-12-9-23-7-10-26-11-8-23/h3-6,13-14,25H,2,7-12H2,1H3/p+1. The Hall–Kier alpha value is -2.09. The third-order valence-corrected chi connectivity index (χ3v) is 5.99. The minimum atomic E-state index is 0.241. The number of phenols is 1. The Morgan fingerprint density at radius 2 is 1.89 bits per heavy atom. The summed E-state index contributed by atoms with van der Waals surface area (Å²) in [6.07, 6.45) is 0. The summed E-state index contributed by atoms with van der Waals surface area (Å²) in [7, 11) is 0. The average molecular weight is 386 g/mol. The van der Waals surface area contributed by atoms with Crippen LogP contribution in [0.15, 0.2) is 41.6 Å². The van der Waals surface area contributed by atoms with E-state index in [4.69, 9.17) is 4.74 Å². The van der Waals surface area contributed by atoms with Gasteiger partial charge in [0.2, 0.25) is 0 Å². The molecule has 0 amide bonds. The summed E-state index contributed by atoms with van der Waals surface area (Å²) in [4.78, 5) is 1.59. The highest BCUT2D eigenvalue weighted by Gasteiger charge is 2.18. The fourth-order valence-electron chi connectivity index (χ4n) is 3.48. The van der Waals surface area contributed by atoms with Crippen molar-refractivity contribution in [2.24, 2.45) is 0 Å². The molecule has 3 aromatic rings. The molecule has 1 aliphatic rings. The number of thioether (sulfide) groups is 1. The lowest BCUT2D eigenvalue weighted by Gasteiger charge is -2.23. The van der Waals surface area contributed by atoms with Crippen molar-refractivity contribution in [3.05, 3.63) is 36.4 Å². The molecule has 4 rings (SSSR count). The van der Waals surface area contributed by atoms with Crippen LogP contribution in [0.5, 0.6) is 5.75 Å². The Morgan fingerprint density at radius 3 is 2.63 bits per heavy atom. The van der Waals surface area contributed by atoms with Crippen molar-refractivity contribution in [1.29, 1.82) is 0 Å². The fraction of sp³-hybridized carbons (Fsp3) is 0.400. The zero-order chi connectivity index (χ0) is 18.6. The Balaban J connectivity index is 1.54. The van der Waals surface area contributed by atoms with Crippen LogP contribution in [0.4, 0.5) is 0 Å². The van der Waals surface area contributed by atoms with Crippen LogP contribution in [-0.4, -0.2) is 58.5 Å². The Bertz CT molecular complexity index is 921. The van der Waals surface area contributed by atoms with E-state index in [9.17, 15) is 5.11 Å². The third-order valence-electron chi connectivity index (χ3n) is 5.02. The molecule has 2 N–H and O–H groups in total. The molecule has 0 saturated carbocycles. The molecule has 0 spiro atoms. The minimum Gasteiger partial charge on any atom is -0.507 e. The lowest BCUT2D eigenvalue weighted by molar-refractivity contribution is -0.905. The third kappa shape index (κ3) is 3.95. The molecule has 0 bridgehead atoms. The van der Waals surface area contributed by atoms with Crippen molar-refractivity contribution in [3.63, 3.8) is 0 Å². The number of fused-ring (bicyclic) bond motifs is 1. The molecule has 0 aliphatic carbocycles. The number of nitrogens with zero attached hydrogens (tertiary/aromatic N) is 3. The molecule has 1 aromatic heterocycles. The average Bonchev–Trinajstić information content (AvgIpc) is 3.11. The van der Waals surface area contributed by atoms with Gasteiger partial charge in [-0.3, -0.25) is 0 Å². The predicted octanol–water partition coefficient (Wildman–Crippen LogP) is 1.83. The molecule has 27 heavy (non-hydrogen) atoms. The van der Waals surface area contributed by atoms with Gasteiger partial charge in [0.15, 0.2) is 11.0 Å². The van der Waals surface area contributed by atoms with Gasteiger partial charge < -0.3 is 19.3 Å². The van der Waals surface area contributed by atoms with E-state index in [1.165, 1.54) is 0 Å². The zero-order valence-corrected chi connectivity index (χ0v) is 16.3. The second-order valence-electron chi connectivity index (χ2n) is 6.73. The number of morpholine rings is 1. The van der Waals surface area contributed by atoms with Gasteiger partial charge in [0.25, 0.3) is 0 Å². The van der Waals surface area contributed by atoms with Gasteiger partial charge in [-0.1, -0.05) is 36.0 Å². The second-order valence-corrected chi connectivity index (χ2v) is 7.79. The Kier molecular flexibility index (Phi) is 5.61. The second kappa shape index (κ2) is 8.29. The maximum absolute atomic E-state index is 10.5. The van der Waals surface area contributed by atoms with Gasteiger partial charge in [-0.25, -0.2) is 0 Å². The summed E-state index contributed by atoms with van der Waals surface area (Å²) in [5.74, 6) is 1.96. The van der Waals surface area contributed by atoms with Crippen molar-refractivity contribution in [3.8, 4) is 17.1 Å². The number of phenolic OH excluding ortho intramolecular Hbond substituents is 1. The van der Waals surface area contributed by atoms with E-state index in [1.54, 1.807) is 22.7 Å². The first-order valence-electron chi connectivity index (χ1n) is 9.45. The van der Waals surface area contributed by atoms with E-state index in [1.807, 2.05) is 30.3 Å². The van der Waals surface area contributed by atoms with E-state index in [0.717, 1.165) is 72.5 Å². The number of hydrogen-bond acceptors (Lipinski definition) is 5. The Labute approximate surface area is 163 Å². The number of benzene rings is 2. The predicted molar refractivity (Wildman–Crippen MR) is 107 cm³/mol. The van der Waals surface area contributed by atoms with Gasteiger partial charge in [-0.2, -0.15) is 0 Å². The number of aromatic hydroxyl groups is 1. The van der Waals surface area contributed by atoms with Gasteiger partial charge in [0.05, 0.1) is 31.1 Å². The van der Waals surface area contributed by atoms with Crippen LogP contribution in [0.2, 0.25) is 0 Å². The van der Waals surface area contributed by atoms with Crippen LogP contribution in [0, 0.1) is 0 Å². The van der Waals surface area contributed by atoms with Gasteiger partial charge in [-0.05, 0) is 29.8 Å². The lowest BCUT2D eigenvalue weighted by Crippen LogP contribution is -3.14. The number of ether oxygens (including phenoxy) is 1. The smallest absolute Gasteiger partial charge is 0.191 e. The number of hydrogen-bond donors (Lipinski definition) is 2. The molecule has 1 aliphatic heterocycles. The molecule has 0 atom stereocenters. The number of rotatable bonds is 6. The monoisotopic (exact) mass is 385 g/mol. The molecule has 6 nitrogen and oxygen atoms in total. The molecule has 1 saturated heterocycles. The molecule has 0 unspecified atom stereocenters. The fourth-order valence-corrected chi connectivity index (χ4v) is 4.53. The van der Waals surface area contributed by atoms with Crippen molar-refractivity contribution in [2.45, 2.75) is 18.6 Å². The molecule has 7 heteroatoms. The molecular weight excluding hydrogens is 360 g/mol. The summed E-state index contributed by atoms with van der Waals surface area (Å²) < 4.78 is 7.50. The van der Waals surface area contributed by atoms with Crippen molar-refractivity contribution < 1.29 is 14.7 Å². The summed E-state index contributed by atoms with van der Waals surface area (Å²) in [5, 5.41) is 22.3. The van der Waals surface area contributed by atoms with Crippen LogP contribution >= 0.6 is 11.8 Å². The summed E-state index contributed by atoms with van der Waals surface area (Å²) >= 11 is 1.74. The van der Waals surface area contributed by atoms with E-state index < -0.39 is 0 Å². The largest absolute Gasteiger partial charge is 0.507 e. The van der Waals surface area contributed by atoms with Crippen LogP contribution in [-0.2, 0) is 11.3 Å². The number of nitrogens with one attached hydrogen (secondary N) is 1. The molecule has 2 aromatic carbocycles. The topological polar surface area (TPSA) is 64.6 Å². The minimum absolute atomic E-state index is 0.241. The molecule has 1 fully saturated rings. The van der Waals surface area contributed by atoms with E-state index in [2.05, 4.69) is 21.7 Å². The first kappa shape index (κ1) is 18.3. The van der Waals surface area contributed by atoms with Crippen LogP contribution < -0.4 is 4.90 Å². The summed E-state index contributed by atoms with van der Waals surface area (Å²) in [5.41, 5.74) is 0.730. The normalized spacial score (nSPS) is 15.4. The first-order valence-corrected chi connectivity index (χ1v) is 10.4. The van der Waals surface area contributed by atoms with E-state index >= 15 is 0 Å².